The first kappa shape index (κ1) is 15.2. The summed E-state index contributed by atoms with van der Waals surface area (Å²) in [4.78, 5) is 24.8. The van der Waals surface area contributed by atoms with Crippen LogP contribution in [0.4, 0.5) is 11.4 Å². The van der Waals surface area contributed by atoms with Crippen molar-refractivity contribution in [3.8, 4) is 0 Å². The predicted molar refractivity (Wildman–Crippen MR) is 80.1 cm³/mol. The van der Waals surface area contributed by atoms with Crippen molar-refractivity contribution in [2.24, 2.45) is 0 Å². The van der Waals surface area contributed by atoms with Gasteiger partial charge in [0.05, 0.1) is 10.5 Å². The normalized spacial score (nSPS) is 19.2. The van der Waals surface area contributed by atoms with Crippen LogP contribution in [0.3, 0.4) is 0 Å². The Labute approximate surface area is 123 Å². The Kier molecular flexibility index (Phi) is 4.74. The van der Waals surface area contributed by atoms with E-state index in [0.29, 0.717) is 0 Å². The zero-order valence-electron chi connectivity index (χ0n) is 12.0. The summed E-state index contributed by atoms with van der Waals surface area (Å²) in [6, 6.07) is 4.34. The fourth-order valence-corrected chi connectivity index (χ4v) is 2.63. The average molecular weight is 292 g/mol. The Balaban J connectivity index is 2.10. The molecule has 0 aliphatic carbocycles. The van der Waals surface area contributed by atoms with E-state index in [0.717, 1.165) is 32.5 Å². The number of nitro benzene ring substituents is 1. The second kappa shape index (κ2) is 6.53. The van der Waals surface area contributed by atoms with E-state index in [2.05, 4.69) is 17.1 Å². The van der Waals surface area contributed by atoms with Crippen LogP contribution in [-0.2, 0) is 0 Å². The fraction of sp³-hybridized carbons (Fsp3) is 0.500. The molecule has 0 saturated carbocycles. The van der Waals surface area contributed by atoms with Gasteiger partial charge in [0.2, 0.25) is 0 Å². The van der Waals surface area contributed by atoms with Crippen molar-refractivity contribution in [2.45, 2.75) is 25.8 Å². The van der Waals surface area contributed by atoms with Gasteiger partial charge in [0.15, 0.2) is 0 Å². The van der Waals surface area contributed by atoms with E-state index in [4.69, 9.17) is 5.73 Å². The molecule has 1 atom stereocenters. The van der Waals surface area contributed by atoms with Gasteiger partial charge in [0.25, 0.3) is 11.6 Å². The number of nitro groups is 1. The van der Waals surface area contributed by atoms with Crippen LogP contribution in [0.2, 0.25) is 0 Å². The first-order valence-electron chi connectivity index (χ1n) is 7.09. The number of nitrogens with two attached hydrogens (primary N) is 1. The molecule has 0 radical (unpaired) electrons. The van der Waals surface area contributed by atoms with E-state index in [9.17, 15) is 14.9 Å². The second-order valence-electron chi connectivity index (χ2n) is 5.20. The third-order valence-corrected chi connectivity index (χ3v) is 3.81. The van der Waals surface area contributed by atoms with E-state index >= 15 is 0 Å². The lowest BCUT2D eigenvalue weighted by Crippen LogP contribution is -2.47. The molecule has 7 nitrogen and oxygen atoms in total. The first-order valence-corrected chi connectivity index (χ1v) is 7.09. The van der Waals surface area contributed by atoms with Crippen LogP contribution >= 0.6 is 0 Å². The summed E-state index contributed by atoms with van der Waals surface area (Å²) >= 11 is 0. The minimum atomic E-state index is -0.578. The Morgan fingerprint density at radius 3 is 3.00 bits per heavy atom. The maximum Gasteiger partial charge on any atom is 0.292 e. The molecular weight excluding hydrogens is 272 g/mol. The number of nitrogen functional groups attached to an aromatic ring is 1. The zero-order valence-corrected chi connectivity index (χ0v) is 12.0. The van der Waals surface area contributed by atoms with Crippen molar-refractivity contribution in [3.05, 3.63) is 33.9 Å². The highest BCUT2D eigenvalue weighted by atomic mass is 16.6. The molecule has 1 saturated heterocycles. The molecule has 1 fully saturated rings. The summed E-state index contributed by atoms with van der Waals surface area (Å²) in [5, 5.41) is 13.8. The Morgan fingerprint density at radius 1 is 1.57 bits per heavy atom. The van der Waals surface area contributed by atoms with Crippen molar-refractivity contribution < 1.29 is 9.72 Å². The monoisotopic (exact) mass is 292 g/mol. The van der Waals surface area contributed by atoms with Crippen LogP contribution in [-0.4, -0.2) is 41.4 Å². The van der Waals surface area contributed by atoms with Gasteiger partial charge in [-0.2, -0.15) is 0 Å². The van der Waals surface area contributed by atoms with Crippen LogP contribution in [0.1, 0.15) is 30.1 Å². The highest BCUT2D eigenvalue weighted by Crippen LogP contribution is 2.25. The number of amides is 1. The number of anilines is 1. The van der Waals surface area contributed by atoms with Crippen LogP contribution in [0.5, 0.6) is 0 Å². The number of likely N-dealkylation sites (N-methyl/N-ethyl adjacent to an activating group) is 1. The van der Waals surface area contributed by atoms with Crippen molar-refractivity contribution in [3.63, 3.8) is 0 Å². The summed E-state index contributed by atoms with van der Waals surface area (Å²) in [6.45, 7) is 4.88. The van der Waals surface area contributed by atoms with Crippen molar-refractivity contribution in [1.29, 1.82) is 0 Å². The molecule has 1 aromatic rings. The van der Waals surface area contributed by atoms with E-state index < -0.39 is 4.92 Å². The van der Waals surface area contributed by atoms with Crippen LogP contribution in [0, 0.1) is 10.1 Å². The van der Waals surface area contributed by atoms with Gasteiger partial charge in [-0.25, -0.2) is 0 Å². The number of likely N-dealkylation sites (tertiary alicyclic amines) is 1. The van der Waals surface area contributed by atoms with Gasteiger partial charge >= 0.3 is 0 Å². The summed E-state index contributed by atoms with van der Waals surface area (Å²) < 4.78 is 0. The number of carbonyl (C=O) groups excluding carboxylic acids is 1. The number of nitrogens with one attached hydrogen (secondary N) is 1. The third kappa shape index (κ3) is 3.49. The van der Waals surface area contributed by atoms with Gasteiger partial charge < -0.3 is 16.0 Å². The molecular formula is C14H20N4O3. The van der Waals surface area contributed by atoms with Crippen LogP contribution in [0.15, 0.2) is 18.2 Å². The summed E-state index contributed by atoms with van der Waals surface area (Å²) in [6.07, 6.45) is 1.94. The van der Waals surface area contributed by atoms with Gasteiger partial charge in [-0.1, -0.05) is 13.0 Å². The summed E-state index contributed by atoms with van der Waals surface area (Å²) in [5.41, 5.74) is 5.58. The average Bonchev–Trinajstić information content (AvgIpc) is 2.47. The van der Waals surface area contributed by atoms with E-state index in [1.165, 1.54) is 18.2 Å². The molecule has 1 aromatic carbocycles. The predicted octanol–water partition coefficient (Wildman–Crippen LogP) is 1.39. The van der Waals surface area contributed by atoms with Crippen molar-refractivity contribution in [2.75, 3.05) is 25.4 Å². The number of hydrogen-bond donors (Lipinski definition) is 2. The summed E-state index contributed by atoms with van der Waals surface area (Å²) in [7, 11) is 0. The quantitative estimate of drug-likeness (QED) is 0.496. The van der Waals surface area contributed by atoms with E-state index in [1.54, 1.807) is 0 Å². The maximum absolute atomic E-state index is 12.3. The lowest BCUT2D eigenvalue weighted by molar-refractivity contribution is -0.383. The second-order valence-corrected chi connectivity index (χ2v) is 5.20. The molecule has 3 N–H and O–H groups in total. The summed E-state index contributed by atoms with van der Waals surface area (Å²) in [5.74, 6) is -0.348. The third-order valence-electron chi connectivity index (χ3n) is 3.81. The number of carbonyl (C=O) groups is 1. The number of benzene rings is 1. The van der Waals surface area contributed by atoms with Crippen LogP contribution < -0.4 is 11.1 Å². The Hall–Kier alpha value is -2.15. The molecule has 0 aromatic heterocycles. The molecule has 1 unspecified atom stereocenters. The minimum absolute atomic E-state index is 0.0601. The van der Waals surface area contributed by atoms with Crippen LogP contribution in [0.25, 0.3) is 0 Å². The molecule has 114 valence electrons. The number of rotatable bonds is 4. The molecule has 0 spiro atoms. The SMILES string of the molecule is CCN1CCCC(NC(=O)c2cccc([N+](=O)[O-])c2N)C1. The number of nitrogens with zero attached hydrogens (tertiary/aromatic N) is 2. The van der Waals surface area contributed by atoms with E-state index in [-0.39, 0.29) is 28.9 Å². The minimum Gasteiger partial charge on any atom is -0.393 e. The molecule has 1 aliphatic heterocycles. The molecule has 21 heavy (non-hydrogen) atoms. The van der Waals surface area contributed by atoms with Gasteiger partial charge in [-0.3, -0.25) is 14.9 Å². The first-order chi connectivity index (χ1) is 10.0. The smallest absolute Gasteiger partial charge is 0.292 e. The standard InChI is InChI=1S/C14H20N4O3/c1-2-17-8-4-5-10(9-17)16-14(19)11-6-3-7-12(13(11)15)18(20)21/h3,6-7,10H,2,4-5,8-9,15H2,1H3,(H,16,19). The maximum atomic E-state index is 12.3. The molecule has 1 amide bonds. The highest BCUT2D eigenvalue weighted by Gasteiger charge is 2.23. The zero-order chi connectivity index (χ0) is 15.4. The van der Waals surface area contributed by atoms with Gasteiger partial charge in [0.1, 0.15) is 5.69 Å². The molecule has 1 heterocycles. The fourth-order valence-electron chi connectivity index (χ4n) is 2.63. The topological polar surface area (TPSA) is 102 Å². The molecule has 2 rings (SSSR count). The molecule has 0 bridgehead atoms. The van der Waals surface area contributed by atoms with Gasteiger partial charge in [-0.05, 0) is 32.0 Å². The number of piperidine rings is 1. The van der Waals surface area contributed by atoms with Gasteiger partial charge in [-0.15, -0.1) is 0 Å². The van der Waals surface area contributed by atoms with Crippen molar-refractivity contribution >= 4 is 17.3 Å². The lowest BCUT2D eigenvalue weighted by Gasteiger charge is -2.32. The van der Waals surface area contributed by atoms with Gasteiger partial charge in [0, 0.05) is 18.7 Å². The van der Waals surface area contributed by atoms with Crippen molar-refractivity contribution in [1.82, 2.24) is 10.2 Å². The number of para-hydroxylation sites is 1. The molecule has 1 aliphatic rings. The van der Waals surface area contributed by atoms with E-state index in [1.807, 2.05) is 0 Å². The Morgan fingerprint density at radius 2 is 2.33 bits per heavy atom. The lowest BCUT2D eigenvalue weighted by atomic mass is 10.0. The highest BCUT2D eigenvalue weighted by molar-refractivity contribution is 6.01. The largest absolute Gasteiger partial charge is 0.393 e. The molecule has 7 heteroatoms. The number of hydrogen-bond acceptors (Lipinski definition) is 5. The Bertz CT molecular complexity index is 547.